The van der Waals surface area contributed by atoms with Crippen molar-refractivity contribution in [2.24, 2.45) is 0 Å². The molecule has 4 heterocycles. The van der Waals surface area contributed by atoms with Crippen LogP contribution in [0.1, 0.15) is 29.8 Å². The number of amides is 1. The predicted octanol–water partition coefficient (Wildman–Crippen LogP) is 5.85. The molecule has 0 saturated carbocycles. The number of carbonyl (C=O) groups is 1. The number of benzene rings is 2. The van der Waals surface area contributed by atoms with Crippen LogP contribution in [-0.4, -0.2) is 50.9 Å². The Labute approximate surface area is 232 Å². The Kier molecular flexibility index (Phi) is 7.15. The van der Waals surface area contributed by atoms with Crippen molar-refractivity contribution in [3.8, 4) is 21.8 Å². The van der Waals surface area contributed by atoms with E-state index in [0.29, 0.717) is 23.3 Å². The summed E-state index contributed by atoms with van der Waals surface area (Å²) in [5.74, 6) is -0.179. The van der Waals surface area contributed by atoms with E-state index in [9.17, 15) is 4.79 Å². The van der Waals surface area contributed by atoms with Crippen LogP contribution < -0.4 is 10.6 Å². The molecule has 0 spiro atoms. The quantitative estimate of drug-likeness (QED) is 0.284. The summed E-state index contributed by atoms with van der Waals surface area (Å²) in [6.45, 7) is 7.34. The molecular formula is C31H30N6OS. The monoisotopic (exact) mass is 534 g/mol. The zero-order valence-electron chi connectivity index (χ0n) is 22.0. The first kappa shape index (κ1) is 25.3. The van der Waals surface area contributed by atoms with Gasteiger partial charge in [0.2, 0.25) is 0 Å². The van der Waals surface area contributed by atoms with Gasteiger partial charge in [0.05, 0.1) is 11.4 Å². The Morgan fingerprint density at radius 1 is 1.00 bits per heavy atom. The number of piperazine rings is 1. The van der Waals surface area contributed by atoms with Crippen molar-refractivity contribution in [3.63, 3.8) is 0 Å². The largest absolute Gasteiger partial charge is 0.321 e. The molecule has 0 aliphatic carbocycles. The lowest BCUT2D eigenvalue weighted by molar-refractivity contribution is 0.102. The number of thiazole rings is 1. The minimum absolute atomic E-state index is 0.179. The Balaban J connectivity index is 1.23. The summed E-state index contributed by atoms with van der Waals surface area (Å²) in [6.07, 6.45) is 3.71. The maximum absolute atomic E-state index is 13.3. The maximum Gasteiger partial charge on any atom is 0.255 e. The molecule has 7 nitrogen and oxygen atoms in total. The van der Waals surface area contributed by atoms with Gasteiger partial charge in [-0.15, -0.1) is 0 Å². The molecule has 1 saturated heterocycles. The number of aromatic nitrogens is 3. The normalized spacial score (nSPS) is 17.8. The Morgan fingerprint density at radius 3 is 2.64 bits per heavy atom. The summed E-state index contributed by atoms with van der Waals surface area (Å²) in [5, 5.41) is 7.51. The van der Waals surface area contributed by atoms with E-state index in [1.165, 1.54) is 11.3 Å². The molecule has 5 aromatic rings. The van der Waals surface area contributed by atoms with Crippen LogP contribution in [0.25, 0.3) is 32.2 Å². The zero-order valence-corrected chi connectivity index (χ0v) is 22.8. The lowest BCUT2D eigenvalue weighted by Crippen LogP contribution is -2.53. The van der Waals surface area contributed by atoms with Gasteiger partial charge in [0, 0.05) is 60.8 Å². The van der Waals surface area contributed by atoms with Crippen molar-refractivity contribution in [1.29, 1.82) is 0 Å². The molecule has 1 amide bonds. The van der Waals surface area contributed by atoms with Gasteiger partial charge in [-0.1, -0.05) is 41.7 Å². The van der Waals surface area contributed by atoms with Crippen molar-refractivity contribution < 1.29 is 4.79 Å². The van der Waals surface area contributed by atoms with Crippen LogP contribution in [0.2, 0.25) is 0 Å². The second-order valence-electron chi connectivity index (χ2n) is 10.1. The van der Waals surface area contributed by atoms with Crippen LogP contribution >= 0.6 is 11.3 Å². The molecule has 0 unspecified atom stereocenters. The molecule has 1 fully saturated rings. The molecule has 2 aromatic carbocycles. The number of hydrogen-bond acceptors (Lipinski definition) is 7. The van der Waals surface area contributed by atoms with Gasteiger partial charge >= 0.3 is 0 Å². The smallest absolute Gasteiger partial charge is 0.255 e. The minimum atomic E-state index is -0.179. The van der Waals surface area contributed by atoms with Crippen molar-refractivity contribution in [3.05, 3.63) is 96.3 Å². The lowest BCUT2D eigenvalue weighted by Gasteiger charge is -2.36. The first-order valence-corrected chi connectivity index (χ1v) is 14.0. The molecule has 0 radical (unpaired) electrons. The van der Waals surface area contributed by atoms with E-state index in [0.717, 1.165) is 57.4 Å². The number of pyridine rings is 2. The Hall–Kier alpha value is -3.98. The summed E-state index contributed by atoms with van der Waals surface area (Å²) < 4.78 is 0. The highest BCUT2D eigenvalue weighted by Crippen LogP contribution is 2.34. The van der Waals surface area contributed by atoms with Crippen LogP contribution in [0.5, 0.6) is 0 Å². The Morgan fingerprint density at radius 2 is 1.82 bits per heavy atom. The van der Waals surface area contributed by atoms with Gasteiger partial charge in [0.1, 0.15) is 15.4 Å². The van der Waals surface area contributed by atoms with Crippen LogP contribution in [0.4, 0.5) is 5.69 Å². The number of hydrogen-bond donors (Lipinski definition) is 2. The minimum Gasteiger partial charge on any atom is -0.321 e. The summed E-state index contributed by atoms with van der Waals surface area (Å²) in [5.41, 5.74) is 5.93. The third-order valence-corrected chi connectivity index (χ3v) is 7.85. The summed E-state index contributed by atoms with van der Waals surface area (Å²) in [7, 11) is 0. The molecule has 1 aliphatic heterocycles. The maximum atomic E-state index is 13.3. The average molecular weight is 535 g/mol. The fourth-order valence-electron chi connectivity index (χ4n) is 5.22. The number of anilines is 1. The third-order valence-electron chi connectivity index (χ3n) is 6.83. The zero-order chi connectivity index (χ0) is 26.8. The standard InChI is InChI=1S/C31H30N6OS/c1-20-17-37(18-21(2)34-20)19-22-14-28-31(33-16-22)39-30(36-28)25-10-3-4-12-27(25)35-29(38)24-9-7-8-23(15-24)26-11-5-6-13-32-26/h3-16,20-21,34H,17-19H2,1-2H3,(H,35,38)/t20-,21+. The fourth-order valence-corrected chi connectivity index (χ4v) is 6.15. The van der Waals surface area contributed by atoms with Gasteiger partial charge in [0.15, 0.2) is 0 Å². The lowest BCUT2D eigenvalue weighted by atomic mass is 10.1. The van der Waals surface area contributed by atoms with Crippen LogP contribution in [0, 0.1) is 0 Å². The molecule has 196 valence electrons. The van der Waals surface area contributed by atoms with E-state index in [2.05, 4.69) is 40.4 Å². The van der Waals surface area contributed by atoms with Crippen molar-refractivity contribution in [2.45, 2.75) is 32.5 Å². The van der Waals surface area contributed by atoms with Crippen LogP contribution in [-0.2, 0) is 6.54 Å². The van der Waals surface area contributed by atoms with E-state index in [1.54, 1.807) is 6.20 Å². The van der Waals surface area contributed by atoms with E-state index >= 15 is 0 Å². The van der Waals surface area contributed by atoms with Gasteiger partial charge in [-0.3, -0.25) is 14.7 Å². The van der Waals surface area contributed by atoms with Crippen LogP contribution in [0.15, 0.2) is 85.2 Å². The van der Waals surface area contributed by atoms with Gasteiger partial charge in [-0.2, -0.15) is 0 Å². The van der Waals surface area contributed by atoms with Crippen molar-refractivity contribution in [2.75, 3.05) is 18.4 Å². The number of fused-ring (bicyclic) bond motifs is 1. The highest BCUT2D eigenvalue weighted by molar-refractivity contribution is 7.21. The van der Waals surface area contributed by atoms with E-state index < -0.39 is 0 Å². The molecule has 0 bridgehead atoms. The van der Waals surface area contributed by atoms with Gasteiger partial charge in [-0.25, -0.2) is 9.97 Å². The highest BCUT2D eigenvalue weighted by atomic mass is 32.1. The topological polar surface area (TPSA) is 83.0 Å². The van der Waals surface area contributed by atoms with Gasteiger partial charge in [0.25, 0.3) is 5.91 Å². The summed E-state index contributed by atoms with van der Waals surface area (Å²) in [6, 6.07) is 24.1. The molecule has 6 rings (SSSR count). The predicted molar refractivity (Wildman–Crippen MR) is 158 cm³/mol. The van der Waals surface area contributed by atoms with Crippen molar-refractivity contribution in [1.82, 2.24) is 25.2 Å². The second kappa shape index (κ2) is 11.0. The average Bonchev–Trinajstić information content (AvgIpc) is 3.37. The highest BCUT2D eigenvalue weighted by Gasteiger charge is 2.21. The first-order valence-electron chi connectivity index (χ1n) is 13.2. The molecule has 1 aliphatic rings. The van der Waals surface area contributed by atoms with Gasteiger partial charge < -0.3 is 10.6 Å². The van der Waals surface area contributed by atoms with E-state index in [1.807, 2.05) is 72.9 Å². The van der Waals surface area contributed by atoms with Gasteiger partial charge in [-0.05, 0) is 61.9 Å². The number of nitrogens with one attached hydrogen (secondary N) is 2. The number of para-hydroxylation sites is 1. The Bertz CT molecular complexity index is 1610. The van der Waals surface area contributed by atoms with Crippen molar-refractivity contribution >= 4 is 33.3 Å². The molecule has 2 N–H and O–H groups in total. The third kappa shape index (κ3) is 5.73. The second-order valence-corrected chi connectivity index (χ2v) is 11.1. The number of carbonyl (C=O) groups excluding carboxylic acids is 1. The molecule has 2 atom stereocenters. The fraction of sp³-hybridized carbons (Fsp3) is 0.226. The molecule has 8 heteroatoms. The first-order chi connectivity index (χ1) is 19.0. The van der Waals surface area contributed by atoms with E-state index in [4.69, 9.17) is 9.97 Å². The molecular weight excluding hydrogens is 504 g/mol. The molecule has 3 aromatic heterocycles. The van der Waals surface area contributed by atoms with Crippen LogP contribution in [0.3, 0.4) is 0 Å². The summed E-state index contributed by atoms with van der Waals surface area (Å²) >= 11 is 1.54. The van der Waals surface area contributed by atoms with E-state index in [-0.39, 0.29) is 5.91 Å². The number of rotatable bonds is 6. The number of nitrogens with zero attached hydrogens (tertiary/aromatic N) is 4. The molecule has 39 heavy (non-hydrogen) atoms. The summed E-state index contributed by atoms with van der Waals surface area (Å²) in [4.78, 5) is 30.7. The SMILES string of the molecule is C[C@@H]1CN(Cc2cnc3sc(-c4ccccc4NC(=O)c4cccc(-c5ccccn5)c4)nc3c2)C[C@H](C)N1.